The van der Waals surface area contributed by atoms with E-state index in [1.165, 1.54) is 48.5 Å². The maximum Gasteiger partial charge on any atom is 0.283 e. The Kier molecular flexibility index (Phi) is 11.2. The van der Waals surface area contributed by atoms with E-state index in [0.29, 0.717) is 17.4 Å². The van der Waals surface area contributed by atoms with Gasteiger partial charge in [0.2, 0.25) is 0 Å². The Hall–Kier alpha value is -2.60. The van der Waals surface area contributed by atoms with E-state index in [9.17, 15) is 21.9 Å². The van der Waals surface area contributed by atoms with Crippen LogP contribution in [0, 0.1) is 0 Å². The summed E-state index contributed by atoms with van der Waals surface area (Å²) < 4.78 is 69.7. The first kappa shape index (κ1) is 30.9. The van der Waals surface area contributed by atoms with Crippen LogP contribution in [-0.2, 0) is 42.9 Å². The molecule has 3 aromatic rings. The highest BCUT2D eigenvalue weighted by Gasteiger charge is 2.16. The number of phenolic OH excluding ortho intramolecular Hbond substituents is 1. The molecule has 0 amide bonds. The van der Waals surface area contributed by atoms with Crippen molar-refractivity contribution in [1.82, 2.24) is 0 Å². The Morgan fingerprint density at radius 1 is 0.897 bits per heavy atom. The topological polar surface area (TPSA) is 232 Å². The first-order valence-electron chi connectivity index (χ1n) is 10.2. The lowest BCUT2D eigenvalue weighted by Crippen LogP contribution is -2.13. The summed E-state index contributed by atoms with van der Waals surface area (Å²) in [5.74, 6) is -1.46. The highest BCUT2D eigenvalue weighted by Crippen LogP contribution is 2.41. The number of hydrogen-bond acceptors (Lipinski definition) is 17. The van der Waals surface area contributed by atoms with Crippen molar-refractivity contribution in [2.45, 2.75) is 9.79 Å². The van der Waals surface area contributed by atoms with E-state index >= 15 is 0 Å². The summed E-state index contributed by atoms with van der Waals surface area (Å²) in [6.45, 7) is -0.263. The van der Waals surface area contributed by atoms with Crippen LogP contribution in [0.15, 0.2) is 68.6 Å². The number of hydrogen-bond donors (Lipinski definition) is 5. The zero-order valence-corrected chi connectivity index (χ0v) is 22.5. The monoisotopic (exact) mass is 625 g/mol. The Bertz CT molecular complexity index is 1520. The highest BCUT2D eigenvalue weighted by atomic mass is 32.2. The summed E-state index contributed by atoms with van der Waals surface area (Å²) in [7, 11) is -8.15. The SMILES string of the molecule is O=S(=O)(O)CNc1ccc2c(O)cc(SOOO)cc2c1/N=N/c1ccc(S(=O)(=O)CCOSOOO)cc1. The number of phenols is 1. The molecule has 16 nitrogen and oxygen atoms in total. The fourth-order valence-electron chi connectivity index (χ4n) is 3.05. The molecular formula is C19H19N3O13S4. The number of sulfone groups is 1. The fraction of sp³-hybridized carbons (Fsp3) is 0.158. The van der Waals surface area contributed by atoms with E-state index < -0.39 is 31.6 Å². The number of azo groups is 1. The van der Waals surface area contributed by atoms with Crippen LogP contribution >= 0.6 is 24.4 Å². The van der Waals surface area contributed by atoms with Gasteiger partial charge in [0, 0.05) is 15.7 Å². The van der Waals surface area contributed by atoms with E-state index in [0.717, 1.165) is 0 Å². The molecule has 0 aliphatic heterocycles. The Morgan fingerprint density at radius 2 is 1.62 bits per heavy atom. The molecule has 3 rings (SSSR count). The summed E-state index contributed by atoms with van der Waals surface area (Å²) in [5.41, 5.74) is 0.399. The van der Waals surface area contributed by atoms with Gasteiger partial charge in [0.05, 0.1) is 40.7 Å². The van der Waals surface area contributed by atoms with Crippen LogP contribution in [0.1, 0.15) is 0 Å². The van der Waals surface area contributed by atoms with Crippen molar-refractivity contribution in [3.8, 4) is 5.75 Å². The van der Waals surface area contributed by atoms with Gasteiger partial charge >= 0.3 is 0 Å². The van der Waals surface area contributed by atoms with Gasteiger partial charge in [-0.2, -0.15) is 13.5 Å². The standard InChI is InChI=1S/C19H19N3O13S4/c23-18-10-13(36-34-32-24)9-16-15(18)5-6-17(20-11-39(28,29)30)19(16)22-21-12-1-3-14(4-2-12)38(26,27)8-7-31-37-35-33-25/h1-6,9-10,20,23-25H,7-8,11H2,(H,28,29,30)/b22-21+. The lowest BCUT2D eigenvalue weighted by molar-refractivity contribution is -0.434. The van der Waals surface area contributed by atoms with Crippen LogP contribution in [0.2, 0.25) is 0 Å². The largest absolute Gasteiger partial charge is 0.507 e. The maximum atomic E-state index is 12.4. The zero-order chi connectivity index (χ0) is 28.5. The molecule has 0 aliphatic carbocycles. The van der Waals surface area contributed by atoms with Crippen LogP contribution in [0.25, 0.3) is 10.8 Å². The van der Waals surface area contributed by atoms with Crippen LogP contribution in [0.4, 0.5) is 17.1 Å². The Balaban J connectivity index is 1.92. The second-order valence-corrected chi connectivity index (χ2v) is 12.0. The van der Waals surface area contributed by atoms with Crippen molar-refractivity contribution in [3.63, 3.8) is 0 Å². The molecule has 0 saturated heterocycles. The van der Waals surface area contributed by atoms with Gasteiger partial charge < -0.3 is 10.4 Å². The second kappa shape index (κ2) is 14.2. The molecule has 20 heteroatoms. The molecular weight excluding hydrogens is 606 g/mol. The molecule has 5 N–H and O–H groups in total. The highest BCUT2D eigenvalue weighted by molar-refractivity contribution is 7.94. The number of aromatic hydroxyl groups is 1. The van der Waals surface area contributed by atoms with Crippen molar-refractivity contribution < 1.29 is 59.9 Å². The van der Waals surface area contributed by atoms with Crippen molar-refractivity contribution >= 4 is 72.2 Å². The van der Waals surface area contributed by atoms with Crippen LogP contribution in [-0.4, -0.2) is 55.2 Å². The van der Waals surface area contributed by atoms with Crippen LogP contribution < -0.4 is 5.32 Å². The van der Waals surface area contributed by atoms with Crippen molar-refractivity contribution in [2.75, 3.05) is 23.6 Å². The first-order valence-corrected chi connectivity index (χ1v) is 14.9. The van der Waals surface area contributed by atoms with E-state index in [-0.39, 0.29) is 56.9 Å². The summed E-state index contributed by atoms with van der Waals surface area (Å²) >= 11 is 0.807. The Morgan fingerprint density at radius 3 is 2.28 bits per heavy atom. The Labute approximate surface area is 229 Å². The molecule has 0 aliphatic rings. The average molecular weight is 626 g/mol. The number of fused-ring (bicyclic) bond motifs is 1. The third-order valence-electron chi connectivity index (χ3n) is 4.67. The van der Waals surface area contributed by atoms with Crippen molar-refractivity contribution in [1.29, 1.82) is 0 Å². The number of anilines is 1. The molecule has 0 aromatic heterocycles. The fourth-order valence-corrected chi connectivity index (χ4v) is 5.23. The molecule has 39 heavy (non-hydrogen) atoms. The molecule has 212 valence electrons. The first-order chi connectivity index (χ1) is 18.5. The van der Waals surface area contributed by atoms with Gasteiger partial charge in [0.15, 0.2) is 22.2 Å². The summed E-state index contributed by atoms with van der Waals surface area (Å²) in [6.07, 6.45) is 0. The molecule has 0 unspecified atom stereocenters. The summed E-state index contributed by atoms with van der Waals surface area (Å²) in [4.78, 5) is 0.234. The third-order valence-corrected chi connectivity index (χ3v) is 7.81. The molecule has 0 heterocycles. The van der Waals surface area contributed by atoms with Crippen molar-refractivity contribution in [3.05, 3.63) is 48.5 Å². The predicted molar refractivity (Wildman–Crippen MR) is 137 cm³/mol. The van der Waals surface area contributed by atoms with Crippen LogP contribution in [0.3, 0.4) is 0 Å². The molecule has 0 spiro atoms. The van der Waals surface area contributed by atoms with E-state index in [2.05, 4.69) is 34.3 Å². The van der Waals surface area contributed by atoms with Crippen molar-refractivity contribution in [2.24, 2.45) is 10.2 Å². The summed E-state index contributed by atoms with van der Waals surface area (Å²) in [5, 5.41) is 45.1. The predicted octanol–water partition coefficient (Wildman–Crippen LogP) is 4.42. The minimum Gasteiger partial charge on any atom is -0.507 e. The third kappa shape index (κ3) is 9.23. The molecule has 0 bridgehead atoms. The van der Waals surface area contributed by atoms with E-state index in [4.69, 9.17) is 19.3 Å². The van der Waals surface area contributed by atoms with Gasteiger partial charge in [-0.1, -0.05) is 10.1 Å². The molecule has 0 saturated carbocycles. The van der Waals surface area contributed by atoms with Gasteiger partial charge in [0.1, 0.15) is 17.3 Å². The van der Waals surface area contributed by atoms with Gasteiger partial charge in [-0.15, -0.1) is 13.8 Å². The van der Waals surface area contributed by atoms with E-state index in [1.54, 1.807) is 0 Å². The van der Waals surface area contributed by atoms with Gasteiger partial charge in [0.25, 0.3) is 10.1 Å². The number of nitrogens with zero attached hydrogens (tertiary/aromatic N) is 2. The normalized spacial score (nSPS) is 12.4. The van der Waals surface area contributed by atoms with Gasteiger partial charge in [-0.3, -0.25) is 8.74 Å². The lowest BCUT2D eigenvalue weighted by Gasteiger charge is -2.12. The van der Waals surface area contributed by atoms with Gasteiger partial charge in [-0.25, -0.2) is 18.9 Å². The average Bonchev–Trinajstić information content (AvgIpc) is 2.89. The minimum absolute atomic E-state index is 0.0345. The quantitative estimate of drug-likeness (QED) is 0.0392. The molecule has 0 atom stereocenters. The number of nitrogens with one attached hydrogen (secondary N) is 1. The maximum absolute atomic E-state index is 12.4. The lowest BCUT2D eigenvalue weighted by atomic mass is 10.1. The number of benzene rings is 3. The second-order valence-electron chi connectivity index (χ2n) is 7.17. The zero-order valence-electron chi connectivity index (χ0n) is 19.2. The molecule has 0 radical (unpaired) electrons. The number of rotatable bonds is 15. The smallest absolute Gasteiger partial charge is 0.283 e. The summed E-state index contributed by atoms with van der Waals surface area (Å²) in [6, 6.07) is 11.0. The van der Waals surface area contributed by atoms with E-state index in [1.807, 2.05) is 0 Å². The molecule has 3 aromatic carbocycles. The van der Waals surface area contributed by atoms with Gasteiger partial charge in [-0.05, 0) is 48.5 Å². The van der Waals surface area contributed by atoms with Crippen LogP contribution in [0.5, 0.6) is 5.75 Å². The minimum atomic E-state index is -4.41. The molecule has 0 fully saturated rings.